The maximum absolute atomic E-state index is 12.3. The predicted octanol–water partition coefficient (Wildman–Crippen LogP) is 3.74. The molecule has 10 heteroatoms. The third-order valence-electron chi connectivity index (χ3n) is 4.22. The Morgan fingerprint density at radius 2 is 1.97 bits per heavy atom. The second-order valence-corrected chi connectivity index (χ2v) is 7.43. The number of nitro benzene ring substituents is 1. The molecule has 4 aromatic rings. The molecule has 4 rings (SSSR count). The molecule has 0 bridgehead atoms. The fourth-order valence-corrected chi connectivity index (χ4v) is 3.53. The van der Waals surface area contributed by atoms with Crippen molar-refractivity contribution in [2.45, 2.75) is 12.1 Å². The molecule has 30 heavy (non-hydrogen) atoms. The van der Waals surface area contributed by atoms with Crippen LogP contribution in [-0.2, 0) is 4.79 Å². The molecular weight excluding hydrogens is 404 g/mol. The molecule has 0 saturated heterocycles. The smallest absolute Gasteiger partial charge is 0.270 e. The molecule has 0 fully saturated rings. The summed E-state index contributed by atoms with van der Waals surface area (Å²) >= 11 is 1.21. The van der Waals surface area contributed by atoms with Crippen LogP contribution >= 0.6 is 11.8 Å². The minimum Gasteiger partial charge on any atom is -0.325 e. The first-order chi connectivity index (χ1) is 14.5. The zero-order valence-corrected chi connectivity index (χ0v) is 16.7. The van der Waals surface area contributed by atoms with E-state index in [0.29, 0.717) is 22.1 Å². The number of carbonyl (C=O) groups excluding carboxylic acids is 1. The van der Waals surface area contributed by atoms with Crippen LogP contribution in [0.4, 0.5) is 11.4 Å². The number of hydrogen-bond acceptors (Lipinski definition) is 7. The molecule has 0 atom stereocenters. The van der Waals surface area contributed by atoms with Gasteiger partial charge in [0.25, 0.3) is 5.69 Å². The predicted molar refractivity (Wildman–Crippen MR) is 113 cm³/mol. The number of nitrogens with zero attached hydrogens (tertiary/aromatic N) is 5. The first-order valence-electron chi connectivity index (χ1n) is 8.96. The highest BCUT2D eigenvalue weighted by atomic mass is 32.2. The molecule has 0 radical (unpaired) electrons. The normalized spacial score (nSPS) is 10.8. The standard InChI is InChI=1S/C20H16N6O3S/c1-13-4-2-6-15(10-13)21-19(27)12-30-20-23-22-18-9-8-17(24-25(18)20)14-5-3-7-16(11-14)26(28)29/h2-11H,12H2,1H3,(H,21,27). The first kappa shape index (κ1) is 19.5. The van der Waals surface area contributed by atoms with Crippen LogP contribution in [0.5, 0.6) is 0 Å². The number of nitro groups is 1. The lowest BCUT2D eigenvalue weighted by atomic mass is 10.1. The summed E-state index contributed by atoms with van der Waals surface area (Å²) in [5.41, 5.74) is 3.44. The number of nitrogens with one attached hydrogen (secondary N) is 1. The summed E-state index contributed by atoms with van der Waals surface area (Å²) in [7, 11) is 0. The van der Waals surface area contributed by atoms with E-state index in [-0.39, 0.29) is 17.3 Å². The number of rotatable bonds is 6. The van der Waals surface area contributed by atoms with Crippen molar-refractivity contribution < 1.29 is 9.72 Å². The Hall–Kier alpha value is -3.79. The van der Waals surface area contributed by atoms with Gasteiger partial charge in [0.2, 0.25) is 11.1 Å². The van der Waals surface area contributed by atoms with Crippen LogP contribution < -0.4 is 5.32 Å². The van der Waals surface area contributed by atoms with Crippen molar-refractivity contribution in [3.05, 3.63) is 76.3 Å². The average molecular weight is 420 g/mol. The molecule has 1 N–H and O–H groups in total. The molecule has 0 unspecified atom stereocenters. The minimum atomic E-state index is -0.449. The summed E-state index contributed by atoms with van der Waals surface area (Å²) in [6, 6.07) is 17.2. The summed E-state index contributed by atoms with van der Waals surface area (Å²) in [5.74, 6) is -0.0329. The van der Waals surface area contributed by atoms with E-state index in [1.54, 1.807) is 24.3 Å². The van der Waals surface area contributed by atoms with Crippen molar-refractivity contribution in [1.29, 1.82) is 0 Å². The molecule has 2 heterocycles. The minimum absolute atomic E-state index is 0.0134. The highest BCUT2D eigenvalue weighted by molar-refractivity contribution is 7.99. The molecule has 0 spiro atoms. The molecule has 150 valence electrons. The van der Waals surface area contributed by atoms with Gasteiger partial charge in [-0.15, -0.1) is 10.2 Å². The molecule has 2 aromatic heterocycles. The Morgan fingerprint density at radius 3 is 2.77 bits per heavy atom. The van der Waals surface area contributed by atoms with Crippen LogP contribution in [0.25, 0.3) is 16.9 Å². The first-order valence-corrected chi connectivity index (χ1v) is 9.95. The van der Waals surface area contributed by atoms with Gasteiger partial charge in [0.05, 0.1) is 16.4 Å². The second-order valence-electron chi connectivity index (χ2n) is 6.48. The van der Waals surface area contributed by atoms with E-state index < -0.39 is 4.92 Å². The summed E-state index contributed by atoms with van der Waals surface area (Å²) in [6.45, 7) is 1.96. The molecule has 0 saturated carbocycles. The monoisotopic (exact) mass is 420 g/mol. The van der Waals surface area contributed by atoms with Crippen molar-refractivity contribution in [1.82, 2.24) is 19.8 Å². The zero-order chi connectivity index (χ0) is 21.1. The van der Waals surface area contributed by atoms with Gasteiger partial charge in [-0.3, -0.25) is 14.9 Å². The van der Waals surface area contributed by atoms with E-state index >= 15 is 0 Å². The summed E-state index contributed by atoms with van der Waals surface area (Å²) in [5, 5.41) is 27.0. The highest BCUT2D eigenvalue weighted by Crippen LogP contribution is 2.24. The number of fused-ring (bicyclic) bond motifs is 1. The van der Waals surface area contributed by atoms with Crippen LogP contribution in [0.3, 0.4) is 0 Å². The van der Waals surface area contributed by atoms with Gasteiger partial charge in [-0.05, 0) is 36.8 Å². The molecule has 0 aliphatic heterocycles. The molecule has 9 nitrogen and oxygen atoms in total. The van der Waals surface area contributed by atoms with Crippen LogP contribution in [0, 0.1) is 17.0 Å². The summed E-state index contributed by atoms with van der Waals surface area (Å²) in [6.07, 6.45) is 0. The quantitative estimate of drug-likeness (QED) is 0.287. The number of hydrogen-bond donors (Lipinski definition) is 1. The van der Waals surface area contributed by atoms with Crippen molar-refractivity contribution in [3.8, 4) is 11.3 Å². The van der Waals surface area contributed by atoms with Gasteiger partial charge in [-0.1, -0.05) is 36.0 Å². The molecule has 2 aromatic carbocycles. The molecular formula is C20H16N6O3S. The largest absolute Gasteiger partial charge is 0.325 e. The Bertz CT molecular complexity index is 1260. The Morgan fingerprint density at radius 1 is 1.13 bits per heavy atom. The number of amides is 1. The lowest BCUT2D eigenvalue weighted by Crippen LogP contribution is -2.14. The van der Waals surface area contributed by atoms with Crippen molar-refractivity contribution in [2.75, 3.05) is 11.1 Å². The third kappa shape index (κ3) is 4.28. The number of anilines is 1. The third-order valence-corrected chi connectivity index (χ3v) is 5.14. The fraction of sp³-hybridized carbons (Fsp3) is 0.100. The van der Waals surface area contributed by atoms with Crippen molar-refractivity contribution in [3.63, 3.8) is 0 Å². The van der Waals surface area contributed by atoms with Gasteiger partial charge >= 0.3 is 0 Å². The fourth-order valence-electron chi connectivity index (χ4n) is 2.84. The van der Waals surface area contributed by atoms with E-state index in [2.05, 4.69) is 20.6 Å². The van der Waals surface area contributed by atoms with Gasteiger partial charge in [0, 0.05) is 23.4 Å². The van der Waals surface area contributed by atoms with Crippen molar-refractivity contribution in [2.24, 2.45) is 0 Å². The van der Waals surface area contributed by atoms with E-state index in [1.807, 2.05) is 31.2 Å². The number of carbonyl (C=O) groups is 1. The van der Waals surface area contributed by atoms with Crippen molar-refractivity contribution >= 4 is 34.7 Å². The van der Waals surface area contributed by atoms with Gasteiger partial charge in [-0.25, -0.2) is 0 Å². The van der Waals surface area contributed by atoms with Gasteiger partial charge in [0.15, 0.2) is 5.65 Å². The van der Waals surface area contributed by atoms with Crippen LogP contribution in [0.1, 0.15) is 5.56 Å². The Balaban J connectivity index is 1.52. The Kier molecular flexibility index (Phi) is 5.40. The summed E-state index contributed by atoms with van der Waals surface area (Å²) < 4.78 is 1.53. The molecule has 0 aliphatic rings. The van der Waals surface area contributed by atoms with E-state index in [1.165, 1.54) is 28.4 Å². The SMILES string of the molecule is Cc1cccc(NC(=O)CSc2nnc3ccc(-c4cccc([N+](=O)[O-])c4)nn23)c1. The topological polar surface area (TPSA) is 115 Å². The number of benzene rings is 2. The maximum atomic E-state index is 12.3. The van der Waals surface area contributed by atoms with E-state index in [4.69, 9.17) is 0 Å². The number of aryl methyl sites for hydroxylation is 1. The van der Waals surface area contributed by atoms with Gasteiger partial charge in [-0.2, -0.15) is 9.61 Å². The van der Waals surface area contributed by atoms with Crippen LogP contribution in [0.15, 0.2) is 65.8 Å². The summed E-state index contributed by atoms with van der Waals surface area (Å²) in [4.78, 5) is 22.8. The molecule has 1 amide bonds. The Labute approximate surface area is 175 Å². The number of thioether (sulfide) groups is 1. The van der Waals surface area contributed by atoms with Gasteiger partial charge in [0.1, 0.15) is 0 Å². The van der Waals surface area contributed by atoms with E-state index in [0.717, 1.165) is 11.3 Å². The second kappa shape index (κ2) is 8.29. The van der Waals surface area contributed by atoms with E-state index in [9.17, 15) is 14.9 Å². The zero-order valence-electron chi connectivity index (χ0n) is 15.8. The van der Waals surface area contributed by atoms with Crippen LogP contribution in [0.2, 0.25) is 0 Å². The average Bonchev–Trinajstić information content (AvgIpc) is 3.14. The lowest BCUT2D eigenvalue weighted by Gasteiger charge is -2.06. The number of aromatic nitrogens is 4. The van der Waals surface area contributed by atoms with Gasteiger partial charge < -0.3 is 5.32 Å². The maximum Gasteiger partial charge on any atom is 0.270 e. The highest BCUT2D eigenvalue weighted by Gasteiger charge is 2.13. The number of non-ortho nitro benzene ring substituents is 1. The molecule has 0 aliphatic carbocycles. The van der Waals surface area contributed by atoms with Crippen LogP contribution in [-0.4, -0.2) is 36.4 Å². The lowest BCUT2D eigenvalue weighted by molar-refractivity contribution is -0.384.